The molecule has 1 aliphatic heterocycles. The summed E-state index contributed by atoms with van der Waals surface area (Å²) >= 11 is 0. The summed E-state index contributed by atoms with van der Waals surface area (Å²) in [5, 5.41) is 9.02. The fraction of sp³-hybridized carbons (Fsp3) is 0.429. The van der Waals surface area contributed by atoms with E-state index < -0.39 is 17.9 Å². The minimum atomic E-state index is -0.842. The Morgan fingerprint density at radius 1 is 1.32 bits per heavy atom. The summed E-state index contributed by atoms with van der Waals surface area (Å²) in [5.41, 5.74) is 6.71. The Labute approximate surface area is 112 Å². The Hall–Kier alpha value is -1.88. The second-order valence-corrected chi connectivity index (χ2v) is 4.85. The van der Waals surface area contributed by atoms with Crippen LogP contribution in [0, 0.1) is 5.92 Å². The number of hydrogen-bond donors (Lipinski definition) is 2. The van der Waals surface area contributed by atoms with Gasteiger partial charge in [-0.2, -0.15) is 0 Å². The molecule has 2 rings (SSSR count). The van der Waals surface area contributed by atoms with Crippen LogP contribution in [0.15, 0.2) is 30.3 Å². The average molecular weight is 262 g/mol. The number of carboxylic acid groups (broad SMARTS) is 1. The van der Waals surface area contributed by atoms with Crippen molar-refractivity contribution in [2.24, 2.45) is 11.7 Å². The van der Waals surface area contributed by atoms with Crippen LogP contribution in [0.5, 0.6) is 0 Å². The highest BCUT2D eigenvalue weighted by molar-refractivity contribution is 5.84. The highest BCUT2D eigenvalue weighted by Gasteiger charge is 2.30. The molecule has 0 spiro atoms. The van der Waals surface area contributed by atoms with Gasteiger partial charge in [-0.05, 0) is 18.4 Å². The van der Waals surface area contributed by atoms with Crippen LogP contribution in [0.4, 0.5) is 0 Å². The first-order valence-corrected chi connectivity index (χ1v) is 6.41. The van der Waals surface area contributed by atoms with Crippen LogP contribution in [-0.4, -0.2) is 35.0 Å². The molecule has 5 nitrogen and oxygen atoms in total. The van der Waals surface area contributed by atoms with E-state index in [0.717, 1.165) is 5.56 Å². The Kier molecular flexibility index (Phi) is 4.16. The molecule has 1 saturated heterocycles. The second-order valence-electron chi connectivity index (χ2n) is 4.85. The Morgan fingerprint density at radius 2 is 2.00 bits per heavy atom. The molecule has 3 N–H and O–H groups in total. The minimum Gasteiger partial charge on any atom is -0.481 e. The molecule has 102 valence electrons. The largest absolute Gasteiger partial charge is 0.481 e. The quantitative estimate of drug-likeness (QED) is 0.851. The minimum absolute atomic E-state index is 0.197. The molecule has 0 bridgehead atoms. The Morgan fingerprint density at radius 3 is 2.63 bits per heavy atom. The first-order chi connectivity index (χ1) is 9.09. The smallest absolute Gasteiger partial charge is 0.308 e. The average Bonchev–Trinajstić information content (AvgIpc) is 2.46. The molecular weight excluding hydrogens is 244 g/mol. The zero-order chi connectivity index (χ0) is 13.8. The summed E-state index contributed by atoms with van der Waals surface area (Å²) in [4.78, 5) is 24.8. The molecule has 0 saturated carbocycles. The van der Waals surface area contributed by atoms with Crippen molar-refractivity contribution in [3.8, 4) is 0 Å². The van der Waals surface area contributed by atoms with Gasteiger partial charge in [0.05, 0.1) is 5.92 Å². The lowest BCUT2D eigenvalue weighted by Gasteiger charge is -2.32. The zero-order valence-electron chi connectivity index (χ0n) is 10.7. The van der Waals surface area contributed by atoms with E-state index in [1.54, 1.807) is 17.0 Å². The lowest BCUT2D eigenvalue weighted by atomic mass is 9.97. The molecule has 19 heavy (non-hydrogen) atoms. The van der Waals surface area contributed by atoms with E-state index in [4.69, 9.17) is 10.8 Å². The molecule has 1 unspecified atom stereocenters. The highest BCUT2D eigenvalue weighted by Crippen LogP contribution is 2.20. The summed E-state index contributed by atoms with van der Waals surface area (Å²) in [6, 6.07) is 8.43. The van der Waals surface area contributed by atoms with Gasteiger partial charge in [-0.15, -0.1) is 0 Å². The van der Waals surface area contributed by atoms with Crippen LogP contribution in [0.25, 0.3) is 0 Å². The topological polar surface area (TPSA) is 83.6 Å². The van der Waals surface area contributed by atoms with Crippen molar-refractivity contribution in [3.63, 3.8) is 0 Å². The summed E-state index contributed by atoms with van der Waals surface area (Å²) in [6.45, 7) is 0.845. The van der Waals surface area contributed by atoms with Gasteiger partial charge in [0.25, 0.3) is 0 Å². The van der Waals surface area contributed by atoms with Crippen molar-refractivity contribution < 1.29 is 14.7 Å². The number of carbonyl (C=O) groups is 2. The number of nitrogens with two attached hydrogens (primary N) is 1. The van der Waals surface area contributed by atoms with E-state index >= 15 is 0 Å². The molecule has 1 heterocycles. The number of hydrogen-bond acceptors (Lipinski definition) is 3. The number of rotatable bonds is 3. The number of carboxylic acids is 1. The van der Waals surface area contributed by atoms with Gasteiger partial charge in [-0.25, -0.2) is 0 Å². The fourth-order valence-corrected chi connectivity index (χ4v) is 2.38. The van der Waals surface area contributed by atoms with Crippen molar-refractivity contribution in [1.82, 2.24) is 4.90 Å². The summed E-state index contributed by atoms with van der Waals surface area (Å²) in [5.74, 6) is -1.51. The number of aliphatic carboxylic acids is 1. The van der Waals surface area contributed by atoms with E-state index in [1.165, 1.54) is 0 Å². The molecule has 1 aromatic carbocycles. The lowest BCUT2D eigenvalue weighted by molar-refractivity contribution is -0.146. The molecule has 1 aromatic rings. The van der Waals surface area contributed by atoms with Gasteiger partial charge in [0, 0.05) is 13.1 Å². The van der Waals surface area contributed by atoms with Gasteiger partial charge in [0.1, 0.15) is 6.04 Å². The second kappa shape index (κ2) is 5.84. The van der Waals surface area contributed by atoms with Gasteiger partial charge in [-0.3, -0.25) is 9.59 Å². The predicted molar refractivity (Wildman–Crippen MR) is 70.3 cm³/mol. The normalized spacial score (nSPS) is 20.9. The summed E-state index contributed by atoms with van der Waals surface area (Å²) in [7, 11) is 0. The molecule has 0 aromatic heterocycles. The van der Waals surface area contributed by atoms with E-state index in [2.05, 4.69) is 0 Å². The van der Waals surface area contributed by atoms with Gasteiger partial charge < -0.3 is 15.7 Å². The number of likely N-dealkylation sites (tertiary alicyclic amines) is 1. The number of piperidine rings is 1. The van der Waals surface area contributed by atoms with Crippen LogP contribution in [0.2, 0.25) is 0 Å². The standard InChI is InChI=1S/C14H18N2O3/c15-12(10-5-2-1-3-6-10)13(17)16-8-4-7-11(9-16)14(18)19/h1-3,5-6,11-12H,4,7-9,15H2,(H,18,19)/t11-,12?/m1/s1. The molecular formula is C14H18N2O3. The van der Waals surface area contributed by atoms with Crippen molar-refractivity contribution in [3.05, 3.63) is 35.9 Å². The third kappa shape index (κ3) is 3.12. The van der Waals surface area contributed by atoms with Gasteiger partial charge in [0.2, 0.25) is 5.91 Å². The Bertz CT molecular complexity index is 461. The third-order valence-corrected chi connectivity index (χ3v) is 3.51. The predicted octanol–water partition coefficient (Wildman–Crippen LogP) is 1.01. The molecule has 5 heteroatoms. The lowest BCUT2D eigenvalue weighted by Crippen LogP contribution is -2.46. The molecule has 1 fully saturated rings. The van der Waals surface area contributed by atoms with Crippen LogP contribution >= 0.6 is 0 Å². The molecule has 2 atom stereocenters. The van der Waals surface area contributed by atoms with Gasteiger partial charge >= 0.3 is 5.97 Å². The number of amides is 1. The first-order valence-electron chi connectivity index (χ1n) is 6.41. The highest BCUT2D eigenvalue weighted by atomic mass is 16.4. The fourth-order valence-electron chi connectivity index (χ4n) is 2.38. The van der Waals surface area contributed by atoms with Crippen molar-refractivity contribution in [2.45, 2.75) is 18.9 Å². The van der Waals surface area contributed by atoms with E-state index in [9.17, 15) is 9.59 Å². The molecule has 0 aliphatic carbocycles. The molecule has 1 amide bonds. The monoisotopic (exact) mass is 262 g/mol. The molecule has 0 radical (unpaired) electrons. The maximum Gasteiger partial charge on any atom is 0.308 e. The van der Waals surface area contributed by atoms with Gasteiger partial charge in [-0.1, -0.05) is 30.3 Å². The maximum atomic E-state index is 12.3. The summed E-state index contributed by atoms with van der Waals surface area (Å²) < 4.78 is 0. The van der Waals surface area contributed by atoms with Crippen LogP contribution in [0.1, 0.15) is 24.4 Å². The van der Waals surface area contributed by atoms with E-state index in [1.807, 2.05) is 18.2 Å². The van der Waals surface area contributed by atoms with Crippen molar-refractivity contribution in [1.29, 1.82) is 0 Å². The van der Waals surface area contributed by atoms with Gasteiger partial charge in [0.15, 0.2) is 0 Å². The van der Waals surface area contributed by atoms with Crippen molar-refractivity contribution >= 4 is 11.9 Å². The molecule has 1 aliphatic rings. The SMILES string of the molecule is NC(C(=O)N1CCC[C@@H](C(=O)O)C1)c1ccccc1. The number of benzene rings is 1. The van der Waals surface area contributed by atoms with Crippen LogP contribution in [-0.2, 0) is 9.59 Å². The zero-order valence-corrected chi connectivity index (χ0v) is 10.7. The van der Waals surface area contributed by atoms with E-state index in [-0.39, 0.29) is 12.5 Å². The van der Waals surface area contributed by atoms with Crippen LogP contribution in [0.3, 0.4) is 0 Å². The number of nitrogens with zero attached hydrogens (tertiary/aromatic N) is 1. The maximum absolute atomic E-state index is 12.3. The third-order valence-electron chi connectivity index (χ3n) is 3.51. The first kappa shape index (κ1) is 13.5. The van der Waals surface area contributed by atoms with Crippen LogP contribution < -0.4 is 5.73 Å². The van der Waals surface area contributed by atoms with E-state index in [0.29, 0.717) is 19.4 Å². The van der Waals surface area contributed by atoms with Crippen molar-refractivity contribution in [2.75, 3.05) is 13.1 Å². The summed E-state index contributed by atoms with van der Waals surface area (Å²) in [6.07, 6.45) is 1.34. The Balaban J connectivity index is 2.05. The number of carbonyl (C=O) groups excluding carboxylic acids is 1.